The maximum atomic E-state index is 5.16. The van der Waals surface area contributed by atoms with Crippen LogP contribution in [0.2, 0.25) is 0 Å². The number of benzene rings is 2. The van der Waals surface area contributed by atoms with E-state index in [1.165, 1.54) is 27.1 Å². The summed E-state index contributed by atoms with van der Waals surface area (Å²) in [5.41, 5.74) is 9.27. The maximum Gasteiger partial charge on any atom is 0.164 e. The first-order valence-electron chi connectivity index (χ1n) is 15.4. The standard InChI is InChI=1S/C39H40N4S2/c1-6-14-31(34-26-45-25-27(34)4)35-24-30(22-23-40-35)38-41-37(29(8-3)19-12-18-28-16-10-9-11-17-28)42-39(43-38)33-20-13-21-36(44-5)32(33)15-7-2/h6,8-14,16-17,19-23,25-26,35H,1,7,15,18,24H2,2-5H3/b19-12-,29-8+,31-14+. The highest BCUT2D eigenvalue weighted by Crippen LogP contribution is 2.35. The fourth-order valence-corrected chi connectivity index (χ4v) is 7.10. The normalized spacial score (nSPS) is 15.5. The highest BCUT2D eigenvalue weighted by atomic mass is 32.2. The Kier molecular flexibility index (Phi) is 11.3. The van der Waals surface area contributed by atoms with Gasteiger partial charge in [-0.1, -0.05) is 92.8 Å². The Hall–Kier alpha value is -4.13. The molecule has 4 nitrogen and oxygen atoms in total. The summed E-state index contributed by atoms with van der Waals surface area (Å²) < 4.78 is 0. The van der Waals surface area contributed by atoms with Crippen LogP contribution in [0.3, 0.4) is 0 Å². The van der Waals surface area contributed by atoms with E-state index in [-0.39, 0.29) is 6.04 Å². The SMILES string of the molecule is C=C/C=C(\c1cscc1C)C1CC(c2nc(C(/C=C\Cc3ccccc3)=C/C)nc(-c3cccc(SC)c3CCC)n2)=CC=N1. The lowest BCUT2D eigenvalue weighted by molar-refractivity contribution is 0.847. The molecular formula is C39H40N4S2. The smallest absolute Gasteiger partial charge is 0.164 e. The Labute approximate surface area is 276 Å². The van der Waals surface area contributed by atoms with Crippen LogP contribution in [-0.2, 0) is 12.8 Å². The van der Waals surface area contributed by atoms with Gasteiger partial charge in [-0.05, 0) is 83.7 Å². The van der Waals surface area contributed by atoms with Gasteiger partial charge >= 0.3 is 0 Å². The largest absolute Gasteiger partial charge is 0.285 e. The lowest BCUT2D eigenvalue weighted by Crippen LogP contribution is -2.15. The quantitative estimate of drug-likeness (QED) is 0.116. The summed E-state index contributed by atoms with van der Waals surface area (Å²) >= 11 is 3.49. The molecule has 0 bridgehead atoms. The Morgan fingerprint density at radius 3 is 2.58 bits per heavy atom. The lowest BCUT2D eigenvalue weighted by atomic mass is 9.91. The number of rotatable bonds is 12. The molecular weight excluding hydrogens is 589 g/mol. The molecule has 0 radical (unpaired) electrons. The highest BCUT2D eigenvalue weighted by Gasteiger charge is 2.24. The molecule has 0 spiro atoms. The molecule has 1 atom stereocenters. The van der Waals surface area contributed by atoms with Crippen molar-refractivity contribution in [1.29, 1.82) is 0 Å². The number of allylic oxidation sites excluding steroid dienone is 7. The number of dihydropyridines is 1. The van der Waals surface area contributed by atoms with Gasteiger partial charge in [0.2, 0.25) is 0 Å². The van der Waals surface area contributed by atoms with Gasteiger partial charge in [0.15, 0.2) is 17.5 Å². The van der Waals surface area contributed by atoms with Crippen LogP contribution in [0, 0.1) is 6.92 Å². The zero-order valence-electron chi connectivity index (χ0n) is 26.5. The van der Waals surface area contributed by atoms with E-state index >= 15 is 0 Å². The van der Waals surface area contributed by atoms with Crippen LogP contribution in [0.4, 0.5) is 0 Å². The molecule has 6 heteroatoms. The van der Waals surface area contributed by atoms with Gasteiger partial charge < -0.3 is 0 Å². The number of aliphatic imine (C=N–C) groups is 1. The van der Waals surface area contributed by atoms with Crippen LogP contribution in [-0.4, -0.2) is 33.5 Å². The average Bonchev–Trinajstić information content (AvgIpc) is 3.51. The summed E-state index contributed by atoms with van der Waals surface area (Å²) in [6.45, 7) is 10.4. The van der Waals surface area contributed by atoms with Gasteiger partial charge in [-0.2, -0.15) is 11.3 Å². The number of aromatic nitrogens is 3. The Balaban J connectivity index is 1.58. The second-order valence-electron chi connectivity index (χ2n) is 10.9. The summed E-state index contributed by atoms with van der Waals surface area (Å²) in [5.74, 6) is 2.08. The second-order valence-corrected chi connectivity index (χ2v) is 12.5. The molecule has 4 aromatic rings. The molecule has 1 aliphatic heterocycles. The van der Waals surface area contributed by atoms with Crippen molar-refractivity contribution in [1.82, 2.24) is 15.0 Å². The van der Waals surface area contributed by atoms with E-state index in [1.54, 1.807) is 23.1 Å². The van der Waals surface area contributed by atoms with Gasteiger partial charge in [0.1, 0.15) is 0 Å². The molecule has 5 rings (SSSR count). The minimum Gasteiger partial charge on any atom is -0.285 e. The minimum absolute atomic E-state index is 0.0533. The van der Waals surface area contributed by atoms with Crippen molar-refractivity contribution in [3.05, 3.63) is 136 Å². The second kappa shape index (κ2) is 15.7. The molecule has 0 N–H and O–H groups in total. The van der Waals surface area contributed by atoms with Crippen molar-refractivity contribution in [3.8, 4) is 11.4 Å². The van der Waals surface area contributed by atoms with Gasteiger partial charge in [0, 0.05) is 34.2 Å². The fraction of sp³-hybridized carbons (Fsp3) is 0.231. The summed E-state index contributed by atoms with van der Waals surface area (Å²) in [5, 5.41) is 4.38. The molecule has 228 valence electrons. The molecule has 3 heterocycles. The number of nitrogens with zero attached hydrogens (tertiary/aromatic N) is 4. The highest BCUT2D eigenvalue weighted by molar-refractivity contribution is 7.98. The lowest BCUT2D eigenvalue weighted by Gasteiger charge is -2.21. The minimum atomic E-state index is -0.0533. The van der Waals surface area contributed by atoms with Crippen molar-refractivity contribution in [2.24, 2.45) is 4.99 Å². The van der Waals surface area contributed by atoms with Crippen LogP contribution >= 0.6 is 23.1 Å². The Morgan fingerprint density at radius 2 is 1.87 bits per heavy atom. The monoisotopic (exact) mass is 628 g/mol. The first-order chi connectivity index (χ1) is 22.1. The van der Waals surface area contributed by atoms with Crippen molar-refractivity contribution in [3.63, 3.8) is 0 Å². The topological polar surface area (TPSA) is 51.0 Å². The van der Waals surface area contributed by atoms with Crippen molar-refractivity contribution in [2.45, 2.75) is 57.4 Å². The van der Waals surface area contributed by atoms with E-state index in [9.17, 15) is 0 Å². The van der Waals surface area contributed by atoms with Crippen LogP contribution < -0.4 is 0 Å². The van der Waals surface area contributed by atoms with Gasteiger partial charge in [-0.25, -0.2) is 15.0 Å². The number of thioether (sulfide) groups is 1. The van der Waals surface area contributed by atoms with E-state index in [4.69, 9.17) is 19.9 Å². The fourth-order valence-electron chi connectivity index (χ4n) is 5.56. The summed E-state index contributed by atoms with van der Waals surface area (Å²) in [6, 6.07) is 16.9. The zero-order chi connectivity index (χ0) is 31.6. The third-order valence-electron chi connectivity index (χ3n) is 7.86. The van der Waals surface area contributed by atoms with Gasteiger partial charge in [-0.15, -0.1) is 11.8 Å². The van der Waals surface area contributed by atoms with Crippen molar-refractivity contribution >= 4 is 46.0 Å². The molecule has 2 aromatic carbocycles. The summed E-state index contributed by atoms with van der Waals surface area (Å²) in [6.07, 6.45) is 20.0. The van der Waals surface area contributed by atoms with E-state index in [0.29, 0.717) is 23.9 Å². The zero-order valence-corrected chi connectivity index (χ0v) is 28.2. The Bertz CT molecular complexity index is 1790. The molecule has 0 amide bonds. The molecule has 0 saturated heterocycles. The molecule has 45 heavy (non-hydrogen) atoms. The number of thiophene rings is 1. The first-order valence-corrected chi connectivity index (χ1v) is 17.6. The third kappa shape index (κ3) is 7.75. The molecule has 0 fully saturated rings. The molecule has 1 aliphatic rings. The molecule has 0 aliphatic carbocycles. The summed E-state index contributed by atoms with van der Waals surface area (Å²) in [4.78, 5) is 21.5. The van der Waals surface area contributed by atoms with Gasteiger partial charge in [0.05, 0.1) is 6.04 Å². The van der Waals surface area contributed by atoms with E-state index < -0.39 is 0 Å². The van der Waals surface area contributed by atoms with Crippen LogP contribution in [0.15, 0.2) is 112 Å². The molecule has 0 saturated carbocycles. The third-order valence-corrected chi connectivity index (χ3v) is 9.54. The maximum absolute atomic E-state index is 5.16. The van der Waals surface area contributed by atoms with Crippen LogP contribution in [0.5, 0.6) is 0 Å². The van der Waals surface area contributed by atoms with Crippen LogP contribution in [0.1, 0.15) is 60.6 Å². The first kappa shape index (κ1) is 32.3. The van der Waals surface area contributed by atoms with Crippen molar-refractivity contribution in [2.75, 3.05) is 6.26 Å². The van der Waals surface area contributed by atoms with E-state index in [2.05, 4.69) is 110 Å². The number of hydrogen-bond donors (Lipinski definition) is 0. The van der Waals surface area contributed by atoms with Gasteiger partial charge in [0.25, 0.3) is 0 Å². The van der Waals surface area contributed by atoms with E-state index in [0.717, 1.165) is 41.5 Å². The number of hydrogen-bond acceptors (Lipinski definition) is 6. The molecule has 1 unspecified atom stereocenters. The van der Waals surface area contributed by atoms with E-state index in [1.807, 2.05) is 25.3 Å². The number of aryl methyl sites for hydroxylation is 1. The van der Waals surface area contributed by atoms with Gasteiger partial charge in [-0.3, -0.25) is 4.99 Å². The predicted molar refractivity (Wildman–Crippen MR) is 196 cm³/mol. The predicted octanol–water partition coefficient (Wildman–Crippen LogP) is 10.3. The summed E-state index contributed by atoms with van der Waals surface area (Å²) in [7, 11) is 0. The van der Waals surface area contributed by atoms with Crippen LogP contribution in [0.25, 0.3) is 28.1 Å². The Morgan fingerprint density at radius 1 is 1.04 bits per heavy atom. The van der Waals surface area contributed by atoms with Crippen molar-refractivity contribution < 1.29 is 0 Å². The average molecular weight is 629 g/mol. The molecule has 2 aromatic heterocycles.